The Morgan fingerprint density at radius 1 is 1.14 bits per heavy atom. The van der Waals surface area contributed by atoms with Crippen LogP contribution in [0, 0.1) is 17.2 Å². The van der Waals surface area contributed by atoms with Crippen molar-refractivity contribution in [2.75, 3.05) is 19.6 Å². The highest BCUT2D eigenvalue weighted by Crippen LogP contribution is 2.37. The van der Waals surface area contributed by atoms with Gasteiger partial charge in [-0.15, -0.1) is 0 Å². The number of nitrogens with one attached hydrogen (secondary N) is 2. The zero-order valence-corrected chi connectivity index (χ0v) is 20.8. The lowest BCUT2D eigenvalue weighted by Crippen LogP contribution is -2.45. The lowest BCUT2D eigenvalue weighted by atomic mass is 9.64. The maximum absolute atomic E-state index is 12.8. The first-order valence-electron chi connectivity index (χ1n) is 13.1. The molecule has 190 valence electrons. The molecule has 35 heavy (non-hydrogen) atoms. The highest BCUT2D eigenvalue weighted by molar-refractivity contribution is 6.47. The fourth-order valence-corrected chi connectivity index (χ4v) is 5.91. The van der Waals surface area contributed by atoms with Gasteiger partial charge in [-0.2, -0.15) is 0 Å². The summed E-state index contributed by atoms with van der Waals surface area (Å²) in [4.78, 5) is 26.6. The number of benzene rings is 1. The van der Waals surface area contributed by atoms with Gasteiger partial charge in [0, 0.05) is 37.8 Å². The van der Waals surface area contributed by atoms with E-state index in [2.05, 4.69) is 5.32 Å². The first-order chi connectivity index (χ1) is 16.8. The number of carbonyl (C=O) groups is 2. The van der Waals surface area contributed by atoms with E-state index in [9.17, 15) is 14.6 Å². The minimum atomic E-state index is -1.06. The van der Waals surface area contributed by atoms with Crippen LogP contribution < -0.4 is 15.7 Å². The van der Waals surface area contributed by atoms with E-state index in [0.29, 0.717) is 48.5 Å². The van der Waals surface area contributed by atoms with Gasteiger partial charge in [0.25, 0.3) is 0 Å². The summed E-state index contributed by atoms with van der Waals surface area (Å²) in [5.41, 5.74) is 6.96. The highest BCUT2D eigenvalue weighted by Gasteiger charge is 2.37. The molecule has 5 N–H and O–H groups in total. The van der Waals surface area contributed by atoms with E-state index >= 15 is 0 Å². The molecular weight excluding hydrogens is 443 g/mol. The molecule has 3 aliphatic rings. The molecule has 1 saturated heterocycles. The minimum absolute atomic E-state index is 0.0907. The second-order valence-corrected chi connectivity index (χ2v) is 10.7. The van der Waals surface area contributed by atoms with Crippen molar-refractivity contribution < 1.29 is 19.3 Å². The zero-order chi connectivity index (χ0) is 24.9. The molecule has 2 heterocycles. The van der Waals surface area contributed by atoms with Crippen molar-refractivity contribution in [1.82, 2.24) is 10.2 Å². The SMILES string of the molecule is CC(=O)c1cccc2c1OB(O)[C@@H](CC(=O)CC1CCC(NCC3CCN(C(=N)N)CC3)CC1)C2. The van der Waals surface area contributed by atoms with Crippen molar-refractivity contribution in [3.05, 3.63) is 29.3 Å². The molecule has 1 aromatic rings. The summed E-state index contributed by atoms with van der Waals surface area (Å²) in [7, 11) is -1.06. The lowest BCUT2D eigenvalue weighted by molar-refractivity contribution is -0.120. The second kappa shape index (κ2) is 11.6. The van der Waals surface area contributed by atoms with E-state index in [4.69, 9.17) is 15.8 Å². The topological polar surface area (TPSA) is 129 Å². The monoisotopic (exact) mass is 482 g/mol. The fraction of sp³-hybridized carbons (Fsp3) is 0.654. The minimum Gasteiger partial charge on any atom is -0.535 e. The molecule has 1 atom stereocenters. The standard InChI is InChI=1S/C26H39BN4O4/c1-17(32)24-4-2-3-20-14-21(27(34)35-25(20)24)15-23(33)13-18-5-7-22(8-6-18)30-16-19-9-11-31(12-10-19)26(28)29/h2-4,18-19,21-22,30,34H,5-16H2,1H3,(H3,28,29)/t18?,21-,22?/m1/s1. The molecule has 2 fully saturated rings. The number of nitrogens with two attached hydrogens (primary N) is 1. The third-order valence-electron chi connectivity index (χ3n) is 8.10. The average Bonchev–Trinajstić information content (AvgIpc) is 2.84. The summed E-state index contributed by atoms with van der Waals surface area (Å²) >= 11 is 0. The van der Waals surface area contributed by atoms with Crippen molar-refractivity contribution in [3.63, 3.8) is 0 Å². The molecular formula is C26H39BN4O4. The number of fused-ring (bicyclic) bond motifs is 1. The van der Waals surface area contributed by atoms with Gasteiger partial charge in [0.2, 0.25) is 0 Å². The number of rotatable bonds is 8. The molecule has 8 nitrogen and oxygen atoms in total. The van der Waals surface area contributed by atoms with E-state index in [-0.39, 0.29) is 23.3 Å². The van der Waals surface area contributed by atoms with Crippen LogP contribution >= 0.6 is 0 Å². The lowest BCUT2D eigenvalue weighted by Gasteiger charge is -2.34. The smallest absolute Gasteiger partial charge is 0.526 e. The number of nitrogens with zero attached hydrogens (tertiary/aromatic N) is 1. The summed E-state index contributed by atoms with van der Waals surface area (Å²) in [6, 6.07) is 5.97. The van der Waals surface area contributed by atoms with Crippen LogP contribution in [0.25, 0.3) is 0 Å². The molecule has 1 aliphatic carbocycles. The average molecular weight is 482 g/mol. The van der Waals surface area contributed by atoms with Crippen LogP contribution in [0.3, 0.4) is 0 Å². The van der Waals surface area contributed by atoms with Gasteiger partial charge in [-0.25, -0.2) is 0 Å². The molecule has 0 spiro atoms. The predicted octanol–water partition coefficient (Wildman–Crippen LogP) is 2.78. The van der Waals surface area contributed by atoms with Crippen LogP contribution in [0.15, 0.2) is 18.2 Å². The molecule has 1 aromatic carbocycles. The molecule has 0 amide bonds. The van der Waals surface area contributed by atoms with Crippen molar-refractivity contribution in [2.24, 2.45) is 17.6 Å². The number of hydrogen-bond donors (Lipinski definition) is 4. The van der Waals surface area contributed by atoms with Crippen molar-refractivity contribution in [1.29, 1.82) is 5.41 Å². The van der Waals surface area contributed by atoms with Gasteiger partial charge in [0.05, 0.1) is 5.56 Å². The molecule has 0 aromatic heterocycles. The Kier molecular flexibility index (Phi) is 8.49. The predicted molar refractivity (Wildman–Crippen MR) is 137 cm³/mol. The van der Waals surface area contributed by atoms with Gasteiger partial charge in [-0.05, 0) is 81.9 Å². The maximum atomic E-state index is 12.8. The van der Waals surface area contributed by atoms with E-state index in [1.54, 1.807) is 6.07 Å². The van der Waals surface area contributed by atoms with Gasteiger partial charge < -0.3 is 25.6 Å². The third kappa shape index (κ3) is 6.64. The van der Waals surface area contributed by atoms with Gasteiger partial charge in [0.15, 0.2) is 11.7 Å². The Bertz CT molecular complexity index is 926. The van der Waals surface area contributed by atoms with Gasteiger partial charge in [0.1, 0.15) is 11.5 Å². The van der Waals surface area contributed by atoms with Crippen LogP contribution in [0.5, 0.6) is 5.75 Å². The van der Waals surface area contributed by atoms with E-state index in [0.717, 1.165) is 63.7 Å². The molecule has 0 radical (unpaired) electrons. The summed E-state index contributed by atoms with van der Waals surface area (Å²) in [6.45, 7) is 4.26. The molecule has 0 unspecified atom stereocenters. The normalized spacial score (nSPS) is 25.0. The number of likely N-dealkylation sites (tertiary alicyclic amines) is 1. The van der Waals surface area contributed by atoms with Gasteiger partial charge in [-0.3, -0.25) is 15.0 Å². The molecule has 2 aliphatic heterocycles. The number of carbonyl (C=O) groups excluding carboxylic acids is 2. The third-order valence-corrected chi connectivity index (χ3v) is 8.10. The summed E-state index contributed by atoms with van der Waals surface area (Å²) in [5, 5.41) is 21.8. The van der Waals surface area contributed by atoms with Crippen molar-refractivity contribution >= 4 is 24.6 Å². The Morgan fingerprint density at radius 3 is 2.51 bits per heavy atom. The zero-order valence-electron chi connectivity index (χ0n) is 20.8. The van der Waals surface area contributed by atoms with Gasteiger partial charge >= 0.3 is 7.12 Å². The number of ketones is 2. The molecule has 0 bridgehead atoms. The number of Topliss-reactive ketones (excluding diaryl/α,β-unsaturated/α-hetero) is 2. The molecule has 4 rings (SSSR count). The van der Waals surface area contributed by atoms with Crippen LogP contribution in [0.1, 0.15) is 74.2 Å². The van der Waals surface area contributed by atoms with E-state index in [1.807, 2.05) is 17.0 Å². The van der Waals surface area contributed by atoms with Crippen LogP contribution in [-0.2, 0) is 11.2 Å². The number of guanidine groups is 1. The number of piperidine rings is 1. The number of hydrogen-bond acceptors (Lipinski definition) is 6. The Morgan fingerprint density at radius 2 is 1.86 bits per heavy atom. The number of para-hydroxylation sites is 1. The maximum Gasteiger partial charge on any atom is 0.526 e. The van der Waals surface area contributed by atoms with Crippen LogP contribution in [-0.4, -0.2) is 60.2 Å². The first-order valence-corrected chi connectivity index (χ1v) is 13.1. The molecule has 9 heteroatoms. The first kappa shape index (κ1) is 25.7. The summed E-state index contributed by atoms with van der Waals surface area (Å²) in [6.07, 6.45) is 7.89. The van der Waals surface area contributed by atoms with E-state index in [1.165, 1.54) is 6.92 Å². The second-order valence-electron chi connectivity index (χ2n) is 10.7. The largest absolute Gasteiger partial charge is 0.535 e. The van der Waals surface area contributed by atoms with E-state index < -0.39 is 7.12 Å². The van der Waals surface area contributed by atoms with Crippen LogP contribution in [0.2, 0.25) is 5.82 Å². The molecule has 1 saturated carbocycles. The van der Waals surface area contributed by atoms with Gasteiger partial charge in [-0.1, -0.05) is 12.1 Å². The Balaban J connectivity index is 1.17. The Labute approximate surface area is 208 Å². The van der Waals surface area contributed by atoms with Crippen molar-refractivity contribution in [2.45, 2.75) is 76.6 Å². The fourth-order valence-electron chi connectivity index (χ4n) is 5.91. The van der Waals surface area contributed by atoms with Crippen LogP contribution in [0.4, 0.5) is 0 Å². The quantitative estimate of drug-likeness (QED) is 0.194. The Hall–Kier alpha value is -2.39. The summed E-state index contributed by atoms with van der Waals surface area (Å²) in [5.74, 6) is 1.53. The summed E-state index contributed by atoms with van der Waals surface area (Å²) < 4.78 is 5.69. The van der Waals surface area contributed by atoms with Crippen molar-refractivity contribution in [3.8, 4) is 5.75 Å². The highest BCUT2D eigenvalue weighted by atomic mass is 16.5.